The fourth-order valence-electron chi connectivity index (χ4n) is 4.24. The van der Waals surface area contributed by atoms with Crippen molar-refractivity contribution in [3.8, 4) is 0 Å². The van der Waals surface area contributed by atoms with Crippen molar-refractivity contribution < 1.29 is 38.1 Å². The Hall–Kier alpha value is -3.35. The van der Waals surface area contributed by atoms with Gasteiger partial charge in [0.25, 0.3) is 0 Å². The van der Waals surface area contributed by atoms with E-state index in [9.17, 15) is 19.2 Å². The first-order valence-electron chi connectivity index (χ1n) is 12.6. The highest BCUT2D eigenvalue weighted by Gasteiger charge is 2.43. The Balaban J connectivity index is 1.77. The summed E-state index contributed by atoms with van der Waals surface area (Å²) < 4.78 is 21.8. The van der Waals surface area contributed by atoms with Crippen molar-refractivity contribution in [2.45, 2.75) is 58.6 Å². The average Bonchev–Trinajstić information content (AvgIpc) is 3.29. The molecule has 2 aromatic carbocycles. The van der Waals surface area contributed by atoms with Crippen LogP contribution in [-0.4, -0.2) is 63.4 Å². The maximum absolute atomic E-state index is 13.4. The summed E-state index contributed by atoms with van der Waals surface area (Å²) in [5, 5.41) is 0. The van der Waals surface area contributed by atoms with Gasteiger partial charge in [0, 0.05) is 12.5 Å². The molecule has 0 N–H and O–H groups in total. The second-order valence-corrected chi connectivity index (χ2v) is 10.1. The van der Waals surface area contributed by atoms with Crippen molar-refractivity contribution >= 4 is 46.8 Å². The summed E-state index contributed by atoms with van der Waals surface area (Å²) >= 11 is 1.93. The highest BCUT2D eigenvalue weighted by molar-refractivity contribution is 14.1. The van der Waals surface area contributed by atoms with Crippen molar-refractivity contribution in [1.82, 2.24) is 9.80 Å². The second kappa shape index (κ2) is 14.7. The minimum atomic E-state index is -1.32. The van der Waals surface area contributed by atoms with Crippen molar-refractivity contribution in [2.24, 2.45) is 5.92 Å². The zero-order valence-corrected chi connectivity index (χ0v) is 24.3. The standard InChI is InChI=1S/C28H33IN2O8/c1-19(2)24(25(32)39-23-14-20(3)30(15-23)26(33)38-18-29)31(27(34)36-16-21-10-6-4-7-11-21)28(35)37-17-22-12-8-5-9-13-22/h4-13,19-20,23-24H,14-18H2,1-3H3/t20-,23-,24+/m1/s1. The van der Waals surface area contributed by atoms with Gasteiger partial charge < -0.3 is 23.8 Å². The molecule has 0 unspecified atom stereocenters. The van der Waals surface area contributed by atoms with Crippen LogP contribution in [0.5, 0.6) is 0 Å². The lowest BCUT2D eigenvalue weighted by Gasteiger charge is -2.30. The fourth-order valence-corrected chi connectivity index (χ4v) is 4.51. The lowest BCUT2D eigenvalue weighted by atomic mass is 10.0. The molecule has 1 fully saturated rings. The molecule has 0 spiro atoms. The number of likely N-dealkylation sites (tertiary alicyclic amines) is 1. The summed E-state index contributed by atoms with van der Waals surface area (Å²) in [6, 6.07) is 16.4. The van der Waals surface area contributed by atoms with Crippen LogP contribution in [0.3, 0.4) is 0 Å². The van der Waals surface area contributed by atoms with Gasteiger partial charge in [0.15, 0.2) is 0 Å². The molecular formula is C28H33IN2O8. The molecule has 0 saturated carbocycles. The van der Waals surface area contributed by atoms with Gasteiger partial charge in [-0.3, -0.25) is 0 Å². The molecule has 1 aliphatic heterocycles. The largest absolute Gasteiger partial charge is 0.459 e. The Labute approximate surface area is 241 Å². The third-order valence-corrected chi connectivity index (χ3v) is 6.50. The number of hydrogen-bond acceptors (Lipinski definition) is 8. The van der Waals surface area contributed by atoms with Gasteiger partial charge in [0.2, 0.25) is 0 Å². The van der Waals surface area contributed by atoms with Crippen LogP contribution in [0.1, 0.15) is 38.3 Å². The number of ether oxygens (including phenoxy) is 4. The van der Waals surface area contributed by atoms with Crippen LogP contribution in [0.4, 0.5) is 14.4 Å². The van der Waals surface area contributed by atoms with Crippen LogP contribution in [-0.2, 0) is 37.0 Å². The first-order valence-corrected chi connectivity index (χ1v) is 14.1. The number of nitrogens with zero attached hydrogens (tertiary/aromatic N) is 2. The molecule has 11 heteroatoms. The Morgan fingerprint density at radius 2 is 1.41 bits per heavy atom. The van der Waals surface area contributed by atoms with Gasteiger partial charge in [-0.25, -0.2) is 19.2 Å². The molecule has 1 heterocycles. The van der Waals surface area contributed by atoms with Crippen molar-refractivity contribution in [1.29, 1.82) is 0 Å². The average molecular weight is 652 g/mol. The number of alkyl halides is 1. The van der Waals surface area contributed by atoms with Crippen LogP contribution in [0.15, 0.2) is 60.7 Å². The number of carbonyl (C=O) groups excluding carboxylic acids is 4. The first kappa shape index (κ1) is 30.2. The zero-order chi connectivity index (χ0) is 28.4. The third kappa shape index (κ3) is 8.57. The van der Waals surface area contributed by atoms with Crippen LogP contribution < -0.4 is 0 Å². The lowest BCUT2D eigenvalue weighted by Crippen LogP contribution is -2.52. The highest BCUT2D eigenvalue weighted by atomic mass is 127. The van der Waals surface area contributed by atoms with Crippen LogP contribution >= 0.6 is 22.6 Å². The van der Waals surface area contributed by atoms with E-state index in [-0.39, 0.29) is 30.4 Å². The molecule has 3 amide bonds. The van der Waals surface area contributed by atoms with E-state index in [1.165, 1.54) is 4.90 Å². The Morgan fingerprint density at radius 3 is 1.87 bits per heavy atom. The van der Waals surface area contributed by atoms with E-state index in [1.54, 1.807) is 62.4 Å². The summed E-state index contributed by atoms with van der Waals surface area (Å²) in [6.45, 7) is 5.15. The molecule has 0 radical (unpaired) electrons. The van der Waals surface area contributed by atoms with Crippen LogP contribution in [0.25, 0.3) is 0 Å². The van der Waals surface area contributed by atoms with E-state index in [0.29, 0.717) is 22.4 Å². The molecule has 2 aromatic rings. The number of imide groups is 1. The monoisotopic (exact) mass is 652 g/mol. The van der Waals surface area contributed by atoms with Crippen molar-refractivity contribution in [3.05, 3.63) is 71.8 Å². The summed E-state index contributed by atoms with van der Waals surface area (Å²) in [5.74, 6) is -1.32. The lowest BCUT2D eigenvalue weighted by molar-refractivity contribution is -0.155. The van der Waals surface area contributed by atoms with E-state index in [2.05, 4.69) is 0 Å². The molecule has 0 bridgehead atoms. The molecular weight excluding hydrogens is 619 g/mol. The van der Waals surface area contributed by atoms with Crippen molar-refractivity contribution in [3.63, 3.8) is 0 Å². The molecule has 39 heavy (non-hydrogen) atoms. The maximum atomic E-state index is 13.4. The summed E-state index contributed by atoms with van der Waals surface area (Å²) in [7, 11) is 0. The minimum absolute atomic E-state index is 0.101. The van der Waals surface area contributed by atoms with E-state index in [1.807, 2.05) is 41.6 Å². The Morgan fingerprint density at radius 1 is 0.897 bits per heavy atom. The molecule has 10 nitrogen and oxygen atoms in total. The Kier molecular flexibility index (Phi) is 11.4. The number of amides is 3. The summed E-state index contributed by atoms with van der Waals surface area (Å²) in [5.41, 5.74) is 1.43. The van der Waals surface area contributed by atoms with Gasteiger partial charge in [0.05, 0.1) is 6.54 Å². The summed E-state index contributed by atoms with van der Waals surface area (Å²) in [4.78, 5) is 54.3. The predicted molar refractivity (Wildman–Crippen MR) is 150 cm³/mol. The normalized spacial score (nSPS) is 17.3. The number of rotatable bonds is 9. The van der Waals surface area contributed by atoms with Gasteiger partial charge in [0.1, 0.15) is 30.0 Å². The zero-order valence-electron chi connectivity index (χ0n) is 22.2. The van der Waals surface area contributed by atoms with E-state index in [0.717, 1.165) is 0 Å². The predicted octanol–water partition coefficient (Wildman–Crippen LogP) is 5.52. The molecule has 1 aliphatic rings. The quantitative estimate of drug-likeness (QED) is 0.151. The van der Waals surface area contributed by atoms with Gasteiger partial charge >= 0.3 is 24.2 Å². The molecule has 0 aromatic heterocycles. The van der Waals surface area contributed by atoms with Crippen molar-refractivity contribution in [2.75, 3.05) is 11.2 Å². The minimum Gasteiger partial charge on any atom is -0.459 e. The fraction of sp³-hybridized carbons (Fsp3) is 0.429. The molecule has 0 aliphatic carbocycles. The van der Waals surface area contributed by atoms with Gasteiger partial charge in [-0.05, 0) is 46.6 Å². The van der Waals surface area contributed by atoms with Gasteiger partial charge in [-0.2, -0.15) is 4.90 Å². The number of halogens is 1. The molecule has 3 atom stereocenters. The van der Waals surface area contributed by atoms with Gasteiger partial charge in [-0.1, -0.05) is 74.5 Å². The van der Waals surface area contributed by atoms with Crippen LogP contribution in [0.2, 0.25) is 0 Å². The number of carbonyl (C=O) groups is 4. The van der Waals surface area contributed by atoms with E-state index >= 15 is 0 Å². The summed E-state index contributed by atoms with van der Waals surface area (Å²) in [6.07, 6.45) is -2.78. The topological polar surface area (TPSA) is 112 Å². The molecule has 3 rings (SSSR count). The SMILES string of the molecule is CC(C)[C@@H](C(=O)O[C@@H]1C[C@@H](C)N(C(=O)OCI)C1)N(C(=O)OCc1ccccc1)C(=O)OCc1ccccc1. The molecule has 210 valence electrons. The van der Waals surface area contributed by atoms with E-state index in [4.69, 9.17) is 18.9 Å². The number of benzene rings is 2. The number of esters is 1. The van der Waals surface area contributed by atoms with E-state index < -0.39 is 42.3 Å². The smallest absolute Gasteiger partial charge is 0.420 e. The Bertz CT molecular complexity index is 1060. The third-order valence-electron chi connectivity index (χ3n) is 6.19. The molecule has 1 saturated heterocycles. The van der Waals surface area contributed by atoms with Gasteiger partial charge in [-0.15, -0.1) is 0 Å². The first-order chi connectivity index (χ1) is 18.7. The van der Waals surface area contributed by atoms with Crippen LogP contribution in [0, 0.1) is 5.92 Å². The second-order valence-electron chi connectivity index (χ2n) is 9.45. The highest BCUT2D eigenvalue weighted by Crippen LogP contribution is 2.24. The number of hydrogen-bond donors (Lipinski definition) is 0. The maximum Gasteiger partial charge on any atom is 0.420 e.